The summed E-state index contributed by atoms with van der Waals surface area (Å²) in [6, 6.07) is 7.68. The van der Waals surface area contributed by atoms with Crippen LogP contribution in [-0.4, -0.2) is 18.5 Å². The maximum absolute atomic E-state index is 11.3. The normalized spacial score (nSPS) is 22.2. The molecule has 0 spiro atoms. The van der Waals surface area contributed by atoms with Gasteiger partial charge in [-0.1, -0.05) is 37.5 Å². The van der Waals surface area contributed by atoms with E-state index in [-0.39, 0.29) is 11.9 Å². The van der Waals surface area contributed by atoms with Crippen molar-refractivity contribution in [3.63, 3.8) is 0 Å². The SMILES string of the molecule is CC(=O)NC1CCc2cc(CCNC(C)C3CCCCC3)ccc21. The van der Waals surface area contributed by atoms with Crippen molar-refractivity contribution in [2.45, 2.75) is 77.3 Å². The molecule has 2 aliphatic carbocycles. The van der Waals surface area contributed by atoms with Crippen LogP contribution in [-0.2, 0) is 17.6 Å². The molecule has 1 fully saturated rings. The summed E-state index contributed by atoms with van der Waals surface area (Å²) < 4.78 is 0. The second-order valence-electron chi connectivity index (χ2n) is 7.72. The van der Waals surface area contributed by atoms with E-state index in [0.29, 0.717) is 6.04 Å². The van der Waals surface area contributed by atoms with Gasteiger partial charge in [-0.25, -0.2) is 0 Å². The number of nitrogens with one attached hydrogen (secondary N) is 2. The molecule has 3 nitrogen and oxygen atoms in total. The lowest BCUT2D eigenvalue weighted by atomic mass is 9.84. The molecule has 3 rings (SSSR count). The van der Waals surface area contributed by atoms with Crippen molar-refractivity contribution in [3.8, 4) is 0 Å². The van der Waals surface area contributed by atoms with Gasteiger partial charge >= 0.3 is 0 Å². The molecule has 1 aromatic carbocycles. The predicted molar refractivity (Wildman–Crippen MR) is 99.1 cm³/mol. The van der Waals surface area contributed by atoms with Gasteiger partial charge in [0.1, 0.15) is 0 Å². The van der Waals surface area contributed by atoms with Gasteiger partial charge in [-0.3, -0.25) is 4.79 Å². The highest BCUT2D eigenvalue weighted by Gasteiger charge is 2.23. The summed E-state index contributed by atoms with van der Waals surface area (Å²) in [6.07, 6.45) is 10.3. The molecule has 1 saturated carbocycles. The van der Waals surface area contributed by atoms with Gasteiger partial charge in [-0.2, -0.15) is 0 Å². The summed E-state index contributed by atoms with van der Waals surface area (Å²) >= 11 is 0. The fourth-order valence-corrected chi connectivity index (χ4v) is 4.47. The molecule has 2 aliphatic rings. The fourth-order valence-electron chi connectivity index (χ4n) is 4.47. The smallest absolute Gasteiger partial charge is 0.217 e. The van der Waals surface area contributed by atoms with Crippen molar-refractivity contribution in [1.82, 2.24) is 10.6 Å². The Labute approximate surface area is 146 Å². The van der Waals surface area contributed by atoms with Crippen molar-refractivity contribution >= 4 is 5.91 Å². The van der Waals surface area contributed by atoms with E-state index in [1.807, 2.05) is 0 Å². The quantitative estimate of drug-likeness (QED) is 0.831. The average Bonchev–Trinajstić information content (AvgIpc) is 2.97. The van der Waals surface area contributed by atoms with E-state index in [2.05, 4.69) is 35.8 Å². The van der Waals surface area contributed by atoms with E-state index in [0.717, 1.165) is 31.7 Å². The summed E-state index contributed by atoms with van der Waals surface area (Å²) in [4.78, 5) is 11.3. The molecule has 132 valence electrons. The highest BCUT2D eigenvalue weighted by molar-refractivity contribution is 5.73. The molecule has 0 radical (unpaired) electrons. The zero-order valence-electron chi connectivity index (χ0n) is 15.2. The first-order chi connectivity index (χ1) is 11.6. The molecule has 1 aromatic rings. The van der Waals surface area contributed by atoms with Gasteiger partial charge < -0.3 is 10.6 Å². The van der Waals surface area contributed by atoms with Crippen molar-refractivity contribution in [1.29, 1.82) is 0 Å². The minimum Gasteiger partial charge on any atom is -0.350 e. The Bertz CT molecular complexity index is 563. The summed E-state index contributed by atoms with van der Waals surface area (Å²) in [5, 5.41) is 6.81. The number of benzene rings is 1. The van der Waals surface area contributed by atoms with Crippen LogP contribution in [0.3, 0.4) is 0 Å². The summed E-state index contributed by atoms with van der Waals surface area (Å²) in [5.74, 6) is 0.940. The number of amides is 1. The van der Waals surface area contributed by atoms with Gasteiger partial charge in [0.2, 0.25) is 5.91 Å². The average molecular weight is 329 g/mol. The van der Waals surface area contributed by atoms with Crippen LogP contribution in [0.15, 0.2) is 18.2 Å². The summed E-state index contributed by atoms with van der Waals surface area (Å²) in [6.45, 7) is 5.02. The highest BCUT2D eigenvalue weighted by Crippen LogP contribution is 2.32. The van der Waals surface area contributed by atoms with E-state index >= 15 is 0 Å². The molecule has 0 saturated heterocycles. The van der Waals surface area contributed by atoms with Crippen molar-refractivity contribution in [2.24, 2.45) is 5.92 Å². The molecule has 2 unspecified atom stereocenters. The fraction of sp³-hybridized carbons (Fsp3) is 0.667. The number of aryl methyl sites for hydroxylation is 1. The number of carbonyl (C=O) groups is 1. The molecule has 0 heterocycles. The molecule has 2 atom stereocenters. The van der Waals surface area contributed by atoms with Crippen LogP contribution in [0.4, 0.5) is 0 Å². The Balaban J connectivity index is 1.49. The first-order valence-electron chi connectivity index (χ1n) is 9.75. The molecule has 0 aliphatic heterocycles. The lowest BCUT2D eigenvalue weighted by Gasteiger charge is -2.28. The molecule has 0 aromatic heterocycles. The second kappa shape index (κ2) is 8.15. The molecule has 0 bridgehead atoms. The standard InChI is InChI=1S/C21H32N2O/c1-15(18-6-4-3-5-7-18)22-13-12-17-8-10-20-19(14-17)9-11-21(20)23-16(2)24/h8,10,14-15,18,21-22H,3-7,9,11-13H2,1-2H3,(H,23,24). The summed E-state index contributed by atoms with van der Waals surface area (Å²) in [7, 11) is 0. The van der Waals surface area contributed by atoms with E-state index in [9.17, 15) is 4.79 Å². The van der Waals surface area contributed by atoms with Gasteiger partial charge in [0.05, 0.1) is 6.04 Å². The largest absolute Gasteiger partial charge is 0.350 e. The first-order valence-corrected chi connectivity index (χ1v) is 9.75. The zero-order valence-corrected chi connectivity index (χ0v) is 15.2. The van der Waals surface area contributed by atoms with Crippen molar-refractivity contribution in [3.05, 3.63) is 34.9 Å². The third kappa shape index (κ3) is 4.38. The molecule has 1 amide bonds. The molecule has 3 heteroatoms. The third-order valence-corrected chi connectivity index (χ3v) is 5.90. The zero-order chi connectivity index (χ0) is 16.9. The van der Waals surface area contributed by atoms with Crippen LogP contribution in [0.2, 0.25) is 0 Å². The second-order valence-corrected chi connectivity index (χ2v) is 7.72. The Hall–Kier alpha value is -1.35. The van der Waals surface area contributed by atoms with E-state index in [4.69, 9.17) is 0 Å². The van der Waals surface area contributed by atoms with Gasteiger partial charge in [0.15, 0.2) is 0 Å². The van der Waals surface area contributed by atoms with Crippen LogP contribution in [0.1, 0.15) is 75.1 Å². The maximum Gasteiger partial charge on any atom is 0.217 e. The minimum absolute atomic E-state index is 0.0674. The van der Waals surface area contributed by atoms with Gasteiger partial charge in [0.25, 0.3) is 0 Å². The van der Waals surface area contributed by atoms with Crippen LogP contribution in [0, 0.1) is 5.92 Å². The lowest BCUT2D eigenvalue weighted by Crippen LogP contribution is -2.35. The first kappa shape index (κ1) is 17.5. The monoisotopic (exact) mass is 328 g/mol. The number of fused-ring (bicyclic) bond motifs is 1. The number of hydrogen-bond acceptors (Lipinski definition) is 2. The Kier molecular flexibility index (Phi) is 5.94. The van der Waals surface area contributed by atoms with Crippen molar-refractivity contribution in [2.75, 3.05) is 6.54 Å². The molecule has 24 heavy (non-hydrogen) atoms. The van der Waals surface area contributed by atoms with Crippen LogP contribution >= 0.6 is 0 Å². The van der Waals surface area contributed by atoms with Crippen LogP contribution in [0.5, 0.6) is 0 Å². The topological polar surface area (TPSA) is 41.1 Å². The Morgan fingerprint density at radius 2 is 2.00 bits per heavy atom. The Morgan fingerprint density at radius 3 is 2.75 bits per heavy atom. The van der Waals surface area contributed by atoms with Gasteiger partial charge in [-0.15, -0.1) is 0 Å². The number of carbonyl (C=O) groups excluding carboxylic acids is 1. The van der Waals surface area contributed by atoms with Crippen LogP contribution < -0.4 is 10.6 Å². The molecular weight excluding hydrogens is 296 g/mol. The van der Waals surface area contributed by atoms with Gasteiger partial charge in [0, 0.05) is 13.0 Å². The molecule has 2 N–H and O–H groups in total. The Morgan fingerprint density at radius 1 is 1.21 bits per heavy atom. The third-order valence-electron chi connectivity index (χ3n) is 5.90. The van der Waals surface area contributed by atoms with Crippen LogP contribution in [0.25, 0.3) is 0 Å². The molecular formula is C21H32N2O. The van der Waals surface area contributed by atoms with Crippen molar-refractivity contribution < 1.29 is 4.79 Å². The highest BCUT2D eigenvalue weighted by atomic mass is 16.1. The minimum atomic E-state index is 0.0674. The number of rotatable bonds is 6. The lowest BCUT2D eigenvalue weighted by molar-refractivity contribution is -0.119. The van der Waals surface area contributed by atoms with E-state index in [1.165, 1.54) is 48.8 Å². The maximum atomic E-state index is 11.3. The van der Waals surface area contributed by atoms with E-state index < -0.39 is 0 Å². The van der Waals surface area contributed by atoms with Gasteiger partial charge in [-0.05, 0) is 68.2 Å². The predicted octanol–water partition coefficient (Wildman–Crippen LogP) is 3.91. The number of hydrogen-bond donors (Lipinski definition) is 2. The van der Waals surface area contributed by atoms with E-state index in [1.54, 1.807) is 6.92 Å². The summed E-state index contributed by atoms with van der Waals surface area (Å²) in [5.41, 5.74) is 4.16.